The summed E-state index contributed by atoms with van der Waals surface area (Å²) in [5.74, 6) is 0.0247. The summed E-state index contributed by atoms with van der Waals surface area (Å²) in [7, 11) is 0. The summed E-state index contributed by atoms with van der Waals surface area (Å²) in [5, 5.41) is 0. The van der Waals surface area contributed by atoms with Crippen LogP contribution in [0.1, 0.15) is 297 Å². The maximum Gasteiger partial charge on any atom is 0.306 e. The van der Waals surface area contributed by atoms with Gasteiger partial charge in [0.2, 0.25) is 0 Å². The van der Waals surface area contributed by atoms with Gasteiger partial charge in [0.25, 0.3) is 0 Å². The number of carbonyl (C=O) groups excluding carboxylic acids is 3. The zero-order valence-electron chi connectivity index (χ0n) is 40.2. The standard InChI is InChI=1S/C53H102O6/c1-5-8-10-12-14-16-18-20-22-24-29-33-37-41-45-52(55)58-48-50(47-57-51(54)44-40-36-32-28-23-21-19-17-15-13-11-9-6-2)59-53(56)46-42-38-34-30-26-25-27-31-35-39-43-49(4)7-3/h49-50H,5-48H2,1-4H3/t49?,50-/m0/s1. The van der Waals surface area contributed by atoms with Crippen molar-refractivity contribution < 1.29 is 28.6 Å². The largest absolute Gasteiger partial charge is 0.462 e. The first-order chi connectivity index (χ1) is 28.9. The second-order valence-corrected chi connectivity index (χ2v) is 18.4. The summed E-state index contributed by atoms with van der Waals surface area (Å²) in [4.78, 5) is 38.0. The Balaban J connectivity index is 4.32. The molecule has 0 rings (SSSR count). The van der Waals surface area contributed by atoms with Crippen LogP contribution in [0.4, 0.5) is 0 Å². The molecule has 0 aliphatic carbocycles. The van der Waals surface area contributed by atoms with E-state index in [1.165, 1.54) is 193 Å². The van der Waals surface area contributed by atoms with E-state index in [4.69, 9.17) is 14.2 Å². The molecular weight excluding hydrogens is 733 g/mol. The lowest BCUT2D eigenvalue weighted by atomic mass is 9.99. The highest BCUT2D eigenvalue weighted by Gasteiger charge is 2.19. The van der Waals surface area contributed by atoms with Crippen LogP contribution in [-0.2, 0) is 28.6 Å². The van der Waals surface area contributed by atoms with E-state index in [0.29, 0.717) is 19.3 Å². The fraction of sp³-hybridized carbons (Fsp3) is 0.943. The second-order valence-electron chi connectivity index (χ2n) is 18.4. The van der Waals surface area contributed by atoms with E-state index in [-0.39, 0.29) is 31.1 Å². The molecule has 0 bridgehead atoms. The third-order valence-corrected chi connectivity index (χ3v) is 12.4. The maximum absolute atomic E-state index is 12.8. The van der Waals surface area contributed by atoms with Crippen LogP contribution in [0.25, 0.3) is 0 Å². The predicted octanol–water partition coefficient (Wildman–Crippen LogP) is 17.1. The molecule has 59 heavy (non-hydrogen) atoms. The summed E-state index contributed by atoms with van der Waals surface area (Å²) in [6.07, 6.45) is 49.3. The second kappa shape index (κ2) is 47.5. The molecular formula is C53H102O6. The summed E-state index contributed by atoms with van der Waals surface area (Å²) in [6, 6.07) is 0. The molecule has 2 atom stereocenters. The van der Waals surface area contributed by atoms with Gasteiger partial charge in [-0.05, 0) is 25.2 Å². The van der Waals surface area contributed by atoms with Gasteiger partial charge < -0.3 is 14.2 Å². The highest BCUT2D eigenvalue weighted by Crippen LogP contribution is 2.18. The van der Waals surface area contributed by atoms with E-state index in [1.807, 2.05) is 0 Å². The Bertz CT molecular complexity index is 889. The minimum atomic E-state index is -0.761. The van der Waals surface area contributed by atoms with Crippen LogP contribution >= 0.6 is 0 Å². The average molecular weight is 835 g/mol. The van der Waals surface area contributed by atoms with Crippen molar-refractivity contribution in [2.75, 3.05) is 13.2 Å². The van der Waals surface area contributed by atoms with Gasteiger partial charge in [0.1, 0.15) is 13.2 Å². The van der Waals surface area contributed by atoms with Gasteiger partial charge in [0, 0.05) is 19.3 Å². The fourth-order valence-corrected chi connectivity index (χ4v) is 8.01. The molecule has 0 saturated heterocycles. The Morgan fingerprint density at radius 2 is 0.593 bits per heavy atom. The molecule has 0 aromatic heterocycles. The fourth-order valence-electron chi connectivity index (χ4n) is 8.01. The molecule has 0 spiro atoms. The Labute approximate surface area is 368 Å². The molecule has 0 fully saturated rings. The topological polar surface area (TPSA) is 78.9 Å². The summed E-state index contributed by atoms with van der Waals surface area (Å²) in [5.41, 5.74) is 0. The molecule has 0 heterocycles. The molecule has 0 radical (unpaired) electrons. The van der Waals surface area contributed by atoms with Gasteiger partial charge in [-0.1, -0.05) is 259 Å². The van der Waals surface area contributed by atoms with Crippen LogP contribution in [0.5, 0.6) is 0 Å². The first-order valence-electron chi connectivity index (χ1n) is 26.4. The smallest absolute Gasteiger partial charge is 0.306 e. The van der Waals surface area contributed by atoms with Crippen molar-refractivity contribution in [3.05, 3.63) is 0 Å². The van der Waals surface area contributed by atoms with Gasteiger partial charge in [-0.3, -0.25) is 14.4 Å². The number of rotatable bonds is 48. The lowest BCUT2D eigenvalue weighted by molar-refractivity contribution is -0.167. The SMILES string of the molecule is CCCCCCCCCCCCCCCCC(=O)OC[C@H](COC(=O)CCCCCCCCCCCCCCC)OC(=O)CCCCCCCCCCCCC(C)CC. The number of ether oxygens (including phenoxy) is 3. The summed E-state index contributed by atoms with van der Waals surface area (Å²) in [6.45, 7) is 9.05. The van der Waals surface area contributed by atoms with Crippen LogP contribution < -0.4 is 0 Å². The van der Waals surface area contributed by atoms with Crippen molar-refractivity contribution in [3.63, 3.8) is 0 Å². The highest BCUT2D eigenvalue weighted by molar-refractivity contribution is 5.71. The average Bonchev–Trinajstić information content (AvgIpc) is 3.23. The minimum Gasteiger partial charge on any atom is -0.462 e. The number of hydrogen-bond acceptors (Lipinski definition) is 6. The van der Waals surface area contributed by atoms with E-state index in [2.05, 4.69) is 27.7 Å². The van der Waals surface area contributed by atoms with E-state index >= 15 is 0 Å². The quantitative estimate of drug-likeness (QED) is 0.0345. The van der Waals surface area contributed by atoms with E-state index < -0.39 is 6.10 Å². The van der Waals surface area contributed by atoms with Gasteiger partial charge >= 0.3 is 17.9 Å². The lowest BCUT2D eigenvalue weighted by Crippen LogP contribution is -2.30. The van der Waals surface area contributed by atoms with Crippen LogP contribution in [-0.4, -0.2) is 37.2 Å². The van der Waals surface area contributed by atoms with Crippen LogP contribution in [0.3, 0.4) is 0 Å². The van der Waals surface area contributed by atoms with Gasteiger partial charge in [-0.15, -0.1) is 0 Å². The Kier molecular flexibility index (Phi) is 46.2. The minimum absolute atomic E-state index is 0.0627. The Hall–Kier alpha value is -1.59. The molecule has 0 aromatic rings. The lowest BCUT2D eigenvalue weighted by Gasteiger charge is -2.18. The van der Waals surface area contributed by atoms with Gasteiger partial charge in [0.15, 0.2) is 6.10 Å². The third-order valence-electron chi connectivity index (χ3n) is 12.4. The van der Waals surface area contributed by atoms with Crippen LogP contribution in [0, 0.1) is 5.92 Å². The number of hydrogen-bond donors (Lipinski definition) is 0. The molecule has 0 N–H and O–H groups in total. The highest BCUT2D eigenvalue weighted by atomic mass is 16.6. The summed E-state index contributed by atoms with van der Waals surface area (Å²) < 4.78 is 16.8. The molecule has 1 unspecified atom stereocenters. The molecule has 0 aliphatic rings. The molecule has 0 amide bonds. The normalized spacial score (nSPS) is 12.4. The van der Waals surface area contributed by atoms with Crippen molar-refractivity contribution >= 4 is 17.9 Å². The Morgan fingerprint density at radius 1 is 0.339 bits per heavy atom. The van der Waals surface area contributed by atoms with E-state index in [1.54, 1.807) is 0 Å². The monoisotopic (exact) mass is 835 g/mol. The first-order valence-corrected chi connectivity index (χ1v) is 26.4. The molecule has 0 saturated carbocycles. The van der Waals surface area contributed by atoms with E-state index in [0.717, 1.165) is 63.7 Å². The first kappa shape index (κ1) is 57.4. The van der Waals surface area contributed by atoms with E-state index in [9.17, 15) is 14.4 Å². The third kappa shape index (κ3) is 45.8. The van der Waals surface area contributed by atoms with Crippen LogP contribution in [0.15, 0.2) is 0 Å². The zero-order valence-corrected chi connectivity index (χ0v) is 40.2. The molecule has 0 aliphatic heterocycles. The van der Waals surface area contributed by atoms with Crippen molar-refractivity contribution in [1.29, 1.82) is 0 Å². The van der Waals surface area contributed by atoms with Crippen molar-refractivity contribution in [2.24, 2.45) is 5.92 Å². The maximum atomic E-state index is 12.8. The van der Waals surface area contributed by atoms with Crippen molar-refractivity contribution in [2.45, 2.75) is 303 Å². The predicted molar refractivity (Wildman–Crippen MR) is 252 cm³/mol. The molecule has 6 nitrogen and oxygen atoms in total. The van der Waals surface area contributed by atoms with Crippen LogP contribution in [0.2, 0.25) is 0 Å². The Morgan fingerprint density at radius 3 is 0.881 bits per heavy atom. The van der Waals surface area contributed by atoms with Gasteiger partial charge in [0.05, 0.1) is 0 Å². The number of esters is 3. The summed E-state index contributed by atoms with van der Waals surface area (Å²) >= 11 is 0. The number of carbonyl (C=O) groups is 3. The van der Waals surface area contributed by atoms with Gasteiger partial charge in [-0.25, -0.2) is 0 Å². The molecule has 350 valence electrons. The number of unbranched alkanes of at least 4 members (excludes halogenated alkanes) is 34. The zero-order chi connectivity index (χ0) is 43.1. The molecule has 0 aromatic carbocycles. The van der Waals surface area contributed by atoms with Crippen molar-refractivity contribution in [3.8, 4) is 0 Å². The molecule has 6 heteroatoms. The van der Waals surface area contributed by atoms with Crippen molar-refractivity contribution in [1.82, 2.24) is 0 Å². The van der Waals surface area contributed by atoms with Gasteiger partial charge in [-0.2, -0.15) is 0 Å².